The maximum absolute atomic E-state index is 15.2. The number of aromatic nitrogens is 3. The highest BCUT2D eigenvalue weighted by atomic mass is 32.1. The molecule has 7 rings (SSSR count). The molecule has 2 amide bonds. The van der Waals surface area contributed by atoms with Gasteiger partial charge in [-0.1, -0.05) is 19.9 Å². The quantitative estimate of drug-likeness (QED) is 0.213. The number of hydrogen-bond donors (Lipinski definition) is 2. The van der Waals surface area contributed by atoms with Crippen LogP contribution in [0.5, 0.6) is 0 Å². The highest BCUT2D eigenvalue weighted by Gasteiger charge is 2.46. The fourth-order valence-electron chi connectivity index (χ4n) is 7.57. The van der Waals surface area contributed by atoms with Crippen LogP contribution >= 0.6 is 51.8 Å². The summed E-state index contributed by atoms with van der Waals surface area (Å²) in [5, 5.41) is 7.73. The summed E-state index contributed by atoms with van der Waals surface area (Å²) in [5.74, 6) is -1.67. The number of benzene rings is 1. The smallest absolute Gasteiger partial charge is 0.324 e. The van der Waals surface area contributed by atoms with Crippen LogP contribution in [0, 0.1) is 5.41 Å². The Morgan fingerprint density at radius 1 is 1.18 bits per heavy atom. The number of carbonyl (C=O) groups excluding carboxylic acids is 3. The van der Waals surface area contributed by atoms with Gasteiger partial charge in [0.1, 0.15) is 12.1 Å². The monoisotopic (exact) mass is 832 g/mol. The van der Waals surface area contributed by atoms with Gasteiger partial charge in [0.15, 0.2) is 5.67 Å². The summed E-state index contributed by atoms with van der Waals surface area (Å²) in [7, 11) is 1.68. The second kappa shape index (κ2) is 18.0. The first-order chi connectivity index (χ1) is 24.9. The summed E-state index contributed by atoms with van der Waals surface area (Å²) in [6, 6.07) is 8.55. The Morgan fingerprint density at radius 3 is 2.64 bits per heavy atom. The molecule has 11 nitrogen and oxygen atoms in total. The lowest BCUT2D eigenvalue weighted by molar-refractivity contribution is -0.156. The van der Waals surface area contributed by atoms with E-state index in [1.54, 1.807) is 13.3 Å². The van der Waals surface area contributed by atoms with Crippen LogP contribution in [0.2, 0.25) is 0 Å². The van der Waals surface area contributed by atoms with E-state index < -0.39 is 41.0 Å². The summed E-state index contributed by atoms with van der Waals surface area (Å²) in [6.45, 7) is 9.50. The van der Waals surface area contributed by atoms with Crippen LogP contribution in [0.25, 0.3) is 33.4 Å². The molecule has 5 heterocycles. The van der Waals surface area contributed by atoms with E-state index in [4.69, 9.17) is 19.4 Å². The third kappa shape index (κ3) is 8.89. The molecule has 0 spiro atoms. The molecule has 3 aliphatic rings. The van der Waals surface area contributed by atoms with Crippen LogP contribution in [0.15, 0.2) is 41.9 Å². The van der Waals surface area contributed by atoms with Gasteiger partial charge in [0.2, 0.25) is 0 Å². The molecular weight excluding hydrogens is 780 g/mol. The van der Waals surface area contributed by atoms with Crippen LogP contribution < -0.4 is 10.7 Å². The van der Waals surface area contributed by atoms with E-state index in [9.17, 15) is 14.4 Å². The van der Waals surface area contributed by atoms with E-state index in [-0.39, 0.29) is 72.5 Å². The normalized spacial score (nSPS) is 21.1. The third-order valence-corrected chi connectivity index (χ3v) is 11.6. The lowest BCUT2D eigenvalue weighted by Crippen LogP contribution is -2.62. The number of amides is 2. The molecule has 2 fully saturated rings. The Balaban J connectivity index is 0.00000224. The topological polar surface area (TPSA) is 128 Å². The molecule has 2 N–H and O–H groups in total. The number of carbonyl (C=O) groups is 3. The van der Waals surface area contributed by atoms with E-state index in [1.165, 1.54) is 16.3 Å². The minimum atomic E-state index is -1.98. The number of esters is 1. The number of cyclic esters (lactones) is 1. The van der Waals surface area contributed by atoms with Crippen LogP contribution in [0.3, 0.4) is 0 Å². The molecule has 3 atom stereocenters. The van der Waals surface area contributed by atoms with Crippen LogP contribution in [-0.2, 0) is 43.2 Å². The number of ether oxygens (including phenoxy) is 2. The minimum absolute atomic E-state index is 0. The largest absolute Gasteiger partial charge is 0.464 e. The number of fused-ring (bicyclic) bond motifs is 6. The molecule has 1 aromatic carbocycles. The molecule has 0 unspecified atom stereocenters. The molecule has 300 valence electrons. The van der Waals surface area contributed by atoms with Crippen LogP contribution in [0.1, 0.15) is 82.2 Å². The second-order valence-corrected chi connectivity index (χ2v) is 16.0. The number of hydrazine groups is 1. The van der Waals surface area contributed by atoms with Crippen molar-refractivity contribution in [3.63, 3.8) is 0 Å². The molecule has 1 saturated heterocycles. The van der Waals surface area contributed by atoms with Crippen molar-refractivity contribution in [2.45, 2.75) is 103 Å². The average Bonchev–Trinajstić information content (AvgIpc) is 3.73. The molecule has 3 aromatic heterocycles. The number of methoxy groups -OCH3 is 1. The van der Waals surface area contributed by atoms with Crippen LogP contribution in [-0.4, -0.2) is 75.3 Å². The van der Waals surface area contributed by atoms with Gasteiger partial charge in [-0.3, -0.25) is 24.4 Å². The standard InChI is InChI=1S/C39H47FN6O5S.3H2S/c1-6-45-31-13-12-24-18-26(31)27(34(45)25-10-7-16-41-33(25)23(2)50-5)20-38(3,4)22-51-36(48)28-11-8-17-46(44-28)35(47)29(19-32-42-30(24)21-52-32)43-37(49)39(40)14-9-15-39;;;/h7,10,12-13,16,18,21,23,28-29,44H,6,8-9,11,14-15,17,19-20,22H2,1-5H3,(H,43,49);3*1H2/t23-,28-,29-;;;/m0.../s1. The average molecular weight is 833 g/mol. The fraction of sp³-hybridized carbons (Fsp3) is 0.513. The number of halogens is 1. The van der Waals surface area contributed by atoms with Gasteiger partial charge >= 0.3 is 5.97 Å². The summed E-state index contributed by atoms with van der Waals surface area (Å²) in [6.07, 6.45) is 4.16. The van der Waals surface area contributed by atoms with Crippen molar-refractivity contribution < 1.29 is 28.2 Å². The number of nitrogens with one attached hydrogen (secondary N) is 2. The lowest BCUT2D eigenvalue weighted by atomic mass is 9.81. The lowest BCUT2D eigenvalue weighted by Gasteiger charge is -2.37. The Labute approximate surface area is 346 Å². The zero-order valence-electron chi connectivity index (χ0n) is 32.0. The molecule has 2 aliphatic heterocycles. The Hall–Kier alpha value is -3.15. The van der Waals surface area contributed by atoms with Crippen molar-refractivity contribution in [3.8, 4) is 22.5 Å². The predicted molar refractivity (Wildman–Crippen MR) is 228 cm³/mol. The molecular formula is C39H53FN6O5S4. The first-order valence-electron chi connectivity index (χ1n) is 18.2. The molecule has 16 heteroatoms. The summed E-state index contributed by atoms with van der Waals surface area (Å²) < 4.78 is 29.3. The second-order valence-electron chi connectivity index (χ2n) is 15.1. The van der Waals surface area contributed by atoms with Crippen LogP contribution in [0.4, 0.5) is 4.39 Å². The van der Waals surface area contributed by atoms with Gasteiger partial charge in [0, 0.05) is 65.6 Å². The third-order valence-electron chi connectivity index (χ3n) is 10.7. The van der Waals surface area contributed by atoms with E-state index in [0.29, 0.717) is 43.8 Å². The number of pyridine rings is 1. The van der Waals surface area contributed by atoms with E-state index in [1.807, 2.05) is 18.4 Å². The number of thiazole rings is 1. The first-order valence-corrected chi connectivity index (χ1v) is 19.1. The number of alkyl halides is 1. The highest BCUT2D eigenvalue weighted by Crippen LogP contribution is 2.42. The molecule has 0 radical (unpaired) electrons. The molecule has 55 heavy (non-hydrogen) atoms. The summed E-state index contributed by atoms with van der Waals surface area (Å²) >= 11 is 1.39. The van der Waals surface area contributed by atoms with Crippen molar-refractivity contribution in [1.29, 1.82) is 0 Å². The Morgan fingerprint density at radius 2 is 1.95 bits per heavy atom. The van der Waals surface area contributed by atoms with Gasteiger partial charge in [0.05, 0.1) is 34.8 Å². The van der Waals surface area contributed by atoms with Crippen molar-refractivity contribution in [2.24, 2.45) is 5.41 Å². The van der Waals surface area contributed by atoms with Gasteiger partial charge < -0.3 is 19.4 Å². The number of aryl methyl sites for hydroxylation is 1. The summed E-state index contributed by atoms with van der Waals surface area (Å²) in [4.78, 5) is 50.4. The highest BCUT2D eigenvalue weighted by molar-refractivity contribution is 7.59. The zero-order valence-corrected chi connectivity index (χ0v) is 35.8. The van der Waals surface area contributed by atoms with Gasteiger partial charge in [-0.05, 0) is 82.2 Å². The number of rotatable bonds is 6. The predicted octanol–water partition coefficient (Wildman–Crippen LogP) is 6.43. The van der Waals surface area contributed by atoms with E-state index in [0.717, 1.165) is 44.7 Å². The van der Waals surface area contributed by atoms with Gasteiger partial charge in [0.25, 0.3) is 11.8 Å². The Bertz CT molecular complexity index is 2020. The Kier molecular flexibility index (Phi) is 14.6. The minimum Gasteiger partial charge on any atom is -0.464 e. The number of nitrogens with zero attached hydrogens (tertiary/aromatic N) is 4. The SMILES string of the molecule is CCn1c(-c2cccnc2[C@H](C)OC)c2c3cc(ccc31)-c1csc(n1)C[C@H](NC(=O)C1(F)CCC1)C(=O)N1CCC[C@H](N1)C(=O)OCC(C)(C)C2.S.S.S. The fourth-order valence-corrected chi connectivity index (χ4v) is 8.42. The molecule has 1 aliphatic carbocycles. The van der Waals surface area contributed by atoms with E-state index >= 15 is 4.39 Å². The first kappa shape index (κ1) is 44.6. The zero-order chi connectivity index (χ0) is 36.8. The van der Waals surface area contributed by atoms with E-state index in [2.05, 4.69) is 60.3 Å². The molecule has 4 aromatic rings. The van der Waals surface area contributed by atoms with Crippen molar-refractivity contribution in [2.75, 3.05) is 20.3 Å². The van der Waals surface area contributed by atoms with Crippen molar-refractivity contribution >= 4 is 80.5 Å². The molecule has 6 bridgehead atoms. The maximum atomic E-state index is 15.2. The number of hydrogen-bond acceptors (Lipinski definition) is 9. The van der Waals surface area contributed by atoms with Crippen molar-refractivity contribution in [1.82, 2.24) is 30.3 Å². The summed E-state index contributed by atoms with van der Waals surface area (Å²) in [5.41, 5.74) is 7.30. The van der Waals surface area contributed by atoms with Gasteiger partial charge in [-0.2, -0.15) is 40.5 Å². The molecule has 1 saturated carbocycles. The van der Waals surface area contributed by atoms with Gasteiger partial charge in [-0.25, -0.2) is 14.8 Å². The maximum Gasteiger partial charge on any atom is 0.324 e. The van der Waals surface area contributed by atoms with Gasteiger partial charge in [-0.15, -0.1) is 11.3 Å². The van der Waals surface area contributed by atoms with Crippen molar-refractivity contribution in [3.05, 3.63) is 58.2 Å².